The number of carbonyl (C=O) groups is 1. The van der Waals surface area contributed by atoms with E-state index in [-0.39, 0.29) is 18.9 Å². The summed E-state index contributed by atoms with van der Waals surface area (Å²) in [5.74, 6) is -0.251. The second-order valence-corrected chi connectivity index (χ2v) is 19.2. The normalized spacial score (nSPS) is 20.7. The first-order valence-corrected chi connectivity index (χ1v) is 26.8. The predicted molar refractivity (Wildman–Crippen MR) is 255 cm³/mol. The Labute approximate surface area is 381 Å². The van der Waals surface area contributed by atoms with Gasteiger partial charge in [-0.15, -0.1) is 0 Å². The Bertz CT molecular complexity index is 957. The van der Waals surface area contributed by atoms with Crippen molar-refractivity contribution in [3.63, 3.8) is 0 Å². The van der Waals surface area contributed by atoms with Gasteiger partial charge in [0.2, 0.25) is 5.91 Å². The number of rotatable bonds is 46. The van der Waals surface area contributed by atoms with Crippen molar-refractivity contribution in [1.82, 2.24) is 5.32 Å². The summed E-state index contributed by atoms with van der Waals surface area (Å²) in [4.78, 5) is 13.1. The van der Waals surface area contributed by atoms with Crippen LogP contribution in [-0.2, 0) is 14.3 Å². The van der Waals surface area contributed by atoms with E-state index in [1.165, 1.54) is 199 Å². The maximum atomic E-state index is 13.1. The van der Waals surface area contributed by atoms with Crippen LogP contribution < -0.4 is 5.32 Å². The van der Waals surface area contributed by atoms with Crippen LogP contribution in [0.25, 0.3) is 0 Å². The molecule has 2 unspecified atom stereocenters. The standard InChI is InChI=1S/C52H103NO9/c1-3-5-7-9-11-13-15-17-19-20-21-22-23-24-25-26-27-29-31-33-35-37-39-41-47(56)53-44(43-61-52-51(60)50(59)49(58)46(42-54)62-52)48(57)45(55)40-38-36-34-32-30-28-18-16-14-12-10-8-6-4-2/h44-46,48-52,54-55,57-60H,3-43H2,1-2H3,(H,53,56)/t44-,45+,46+,48-,49-,50?,51?,52+/m0/s1. The fourth-order valence-corrected chi connectivity index (χ4v) is 8.97. The molecule has 1 aliphatic rings. The molecule has 370 valence electrons. The number of unbranched alkanes of at least 4 members (excludes halogenated alkanes) is 35. The zero-order valence-electron chi connectivity index (χ0n) is 40.5. The molecule has 1 rings (SSSR count). The van der Waals surface area contributed by atoms with Crippen molar-refractivity contribution in [1.29, 1.82) is 0 Å². The lowest BCUT2D eigenvalue weighted by Gasteiger charge is -2.40. The molecule has 0 spiro atoms. The molecule has 1 heterocycles. The molecule has 10 nitrogen and oxygen atoms in total. The number of nitrogens with one attached hydrogen (secondary N) is 1. The second kappa shape index (κ2) is 42.8. The number of ether oxygens (including phenoxy) is 2. The Morgan fingerprint density at radius 2 is 0.839 bits per heavy atom. The Hall–Kier alpha value is -0.850. The topological polar surface area (TPSA) is 169 Å². The highest BCUT2D eigenvalue weighted by molar-refractivity contribution is 5.76. The van der Waals surface area contributed by atoms with Gasteiger partial charge in [-0.3, -0.25) is 4.79 Å². The van der Waals surface area contributed by atoms with Crippen LogP contribution in [0.2, 0.25) is 0 Å². The molecule has 0 aromatic rings. The fourth-order valence-electron chi connectivity index (χ4n) is 8.97. The quantitative estimate of drug-likeness (QED) is 0.0294. The van der Waals surface area contributed by atoms with E-state index in [1.54, 1.807) is 0 Å². The SMILES string of the molecule is CCCCCCCCCCCCCCCCCCCCCCCCCC(=O)N[C@@H](CO[C@@H]1O[C@H](CO)[C@H](O)C(O)C1O)[C@H](O)[C@H](O)CCCCCCCCCCCCCCCC. The van der Waals surface area contributed by atoms with Gasteiger partial charge in [0.15, 0.2) is 6.29 Å². The molecular weight excluding hydrogens is 783 g/mol. The average Bonchev–Trinajstić information content (AvgIpc) is 3.27. The fraction of sp³-hybridized carbons (Fsp3) is 0.981. The third kappa shape index (κ3) is 31.9. The van der Waals surface area contributed by atoms with E-state index >= 15 is 0 Å². The van der Waals surface area contributed by atoms with Crippen LogP contribution in [0.1, 0.15) is 264 Å². The molecule has 0 aliphatic carbocycles. The third-order valence-corrected chi connectivity index (χ3v) is 13.3. The molecule has 62 heavy (non-hydrogen) atoms. The molecule has 0 radical (unpaired) electrons. The van der Waals surface area contributed by atoms with Crippen LogP contribution in [0.5, 0.6) is 0 Å². The van der Waals surface area contributed by atoms with Gasteiger partial charge in [-0.2, -0.15) is 0 Å². The first-order chi connectivity index (χ1) is 30.3. The largest absolute Gasteiger partial charge is 0.394 e. The molecule has 0 saturated carbocycles. The number of hydrogen-bond acceptors (Lipinski definition) is 9. The highest BCUT2D eigenvalue weighted by Crippen LogP contribution is 2.23. The van der Waals surface area contributed by atoms with Crippen LogP contribution in [0, 0.1) is 0 Å². The lowest BCUT2D eigenvalue weighted by molar-refractivity contribution is -0.303. The average molecular weight is 886 g/mol. The molecule has 1 aliphatic heterocycles. The molecule has 0 aromatic carbocycles. The van der Waals surface area contributed by atoms with Gasteiger partial charge in [0.25, 0.3) is 0 Å². The van der Waals surface area contributed by atoms with Gasteiger partial charge in [-0.1, -0.05) is 245 Å². The molecule has 1 saturated heterocycles. The van der Waals surface area contributed by atoms with Crippen LogP contribution in [-0.4, -0.2) is 98.7 Å². The smallest absolute Gasteiger partial charge is 0.220 e. The minimum absolute atomic E-state index is 0.251. The summed E-state index contributed by atoms with van der Waals surface area (Å²) in [6, 6.07) is -0.985. The van der Waals surface area contributed by atoms with Crippen molar-refractivity contribution >= 4 is 5.91 Å². The zero-order chi connectivity index (χ0) is 45.3. The van der Waals surface area contributed by atoms with Crippen LogP contribution >= 0.6 is 0 Å². The van der Waals surface area contributed by atoms with Gasteiger partial charge < -0.3 is 45.4 Å². The molecule has 0 aromatic heterocycles. The van der Waals surface area contributed by atoms with Gasteiger partial charge in [0, 0.05) is 6.42 Å². The first-order valence-electron chi connectivity index (χ1n) is 26.8. The van der Waals surface area contributed by atoms with Gasteiger partial charge in [-0.25, -0.2) is 0 Å². The monoisotopic (exact) mass is 886 g/mol. The molecule has 7 N–H and O–H groups in total. The van der Waals surface area contributed by atoms with Gasteiger partial charge >= 0.3 is 0 Å². The Kier molecular flexibility index (Phi) is 40.8. The summed E-state index contributed by atoms with van der Waals surface area (Å²) in [6.07, 6.45) is 38.3. The van der Waals surface area contributed by atoms with Crippen molar-refractivity contribution in [2.75, 3.05) is 13.2 Å². The first kappa shape index (κ1) is 59.2. The minimum Gasteiger partial charge on any atom is -0.394 e. The summed E-state index contributed by atoms with van der Waals surface area (Å²) in [5, 5.41) is 65.4. The highest BCUT2D eigenvalue weighted by Gasteiger charge is 2.44. The number of aliphatic hydroxyl groups excluding tert-OH is 6. The Morgan fingerprint density at radius 3 is 1.19 bits per heavy atom. The molecular formula is C52H103NO9. The van der Waals surface area contributed by atoms with Crippen molar-refractivity contribution in [2.45, 2.75) is 313 Å². The van der Waals surface area contributed by atoms with Crippen LogP contribution in [0.15, 0.2) is 0 Å². The lowest BCUT2D eigenvalue weighted by atomic mass is 9.98. The van der Waals surface area contributed by atoms with Crippen LogP contribution in [0.4, 0.5) is 0 Å². The highest BCUT2D eigenvalue weighted by atomic mass is 16.7. The molecule has 0 bridgehead atoms. The summed E-state index contributed by atoms with van der Waals surface area (Å²) in [5.41, 5.74) is 0. The number of amides is 1. The lowest BCUT2D eigenvalue weighted by Crippen LogP contribution is -2.60. The van der Waals surface area contributed by atoms with Crippen molar-refractivity contribution in [2.24, 2.45) is 0 Å². The van der Waals surface area contributed by atoms with E-state index in [0.29, 0.717) is 6.42 Å². The van der Waals surface area contributed by atoms with Gasteiger partial charge in [0.05, 0.1) is 25.4 Å². The second-order valence-electron chi connectivity index (χ2n) is 19.2. The Morgan fingerprint density at radius 1 is 0.500 bits per heavy atom. The van der Waals surface area contributed by atoms with Gasteiger partial charge in [0.1, 0.15) is 30.5 Å². The maximum Gasteiger partial charge on any atom is 0.220 e. The summed E-state index contributed by atoms with van der Waals surface area (Å²) < 4.78 is 11.2. The number of aliphatic hydroxyl groups is 6. The third-order valence-electron chi connectivity index (χ3n) is 13.3. The Balaban J connectivity index is 2.26. The van der Waals surface area contributed by atoms with E-state index in [0.717, 1.165) is 38.5 Å². The van der Waals surface area contributed by atoms with E-state index in [2.05, 4.69) is 19.2 Å². The summed E-state index contributed by atoms with van der Waals surface area (Å²) in [7, 11) is 0. The molecule has 1 fully saturated rings. The molecule has 8 atom stereocenters. The van der Waals surface area contributed by atoms with Gasteiger partial charge in [-0.05, 0) is 12.8 Å². The minimum atomic E-state index is -1.60. The van der Waals surface area contributed by atoms with E-state index in [9.17, 15) is 35.4 Å². The maximum absolute atomic E-state index is 13.1. The van der Waals surface area contributed by atoms with Crippen LogP contribution in [0.3, 0.4) is 0 Å². The van der Waals surface area contributed by atoms with Crippen molar-refractivity contribution in [3.05, 3.63) is 0 Å². The van der Waals surface area contributed by atoms with E-state index in [1.807, 2.05) is 0 Å². The van der Waals surface area contributed by atoms with Crippen molar-refractivity contribution < 1.29 is 44.9 Å². The van der Waals surface area contributed by atoms with E-state index in [4.69, 9.17) is 9.47 Å². The molecule has 1 amide bonds. The number of hydrogen-bond donors (Lipinski definition) is 7. The summed E-state index contributed by atoms with van der Waals surface area (Å²) in [6.45, 7) is 3.64. The zero-order valence-corrected chi connectivity index (χ0v) is 40.5. The summed E-state index contributed by atoms with van der Waals surface area (Å²) >= 11 is 0. The number of carbonyl (C=O) groups excluding carboxylic acids is 1. The molecule has 10 heteroatoms. The predicted octanol–water partition coefficient (Wildman–Crippen LogP) is 11.3. The van der Waals surface area contributed by atoms with E-state index < -0.39 is 55.6 Å². The van der Waals surface area contributed by atoms with Crippen molar-refractivity contribution in [3.8, 4) is 0 Å².